The Morgan fingerprint density at radius 1 is 0.851 bits per heavy atom. The van der Waals surface area contributed by atoms with Crippen LogP contribution in [0.3, 0.4) is 0 Å². The van der Waals surface area contributed by atoms with Crippen LogP contribution >= 0.6 is 0 Å². The Labute approximate surface area is 428 Å². The molecule has 6 aromatic rings. The highest BCUT2D eigenvalue weighted by Crippen LogP contribution is 2.46. The monoisotopic (exact) mass is 1020 g/mol. The van der Waals surface area contributed by atoms with Crippen molar-refractivity contribution in [2.24, 2.45) is 5.92 Å². The number of nitrogens with one attached hydrogen (secondary N) is 4. The first-order valence-electron chi connectivity index (χ1n) is 24.1. The van der Waals surface area contributed by atoms with E-state index < -0.39 is 81.7 Å². The third-order valence-electron chi connectivity index (χ3n) is 13.3. The molecule has 5 amide bonds. The summed E-state index contributed by atoms with van der Waals surface area (Å²) in [5.74, 6) is -2.61. The Kier molecular flexibility index (Phi) is 14.2. The molecule has 2 aliphatic carbocycles. The van der Waals surface area contributed by atoms with Crippen molar-refractivity contribution >= 4 is 50.8 Å². The average Bonchev–Trinajstić information content (AvgIpc) is 3.79. The van der Waals surface area contributed by atoms with Crippen LogP contribution in [0.25, 0.3) is 33.3 Å². The van der Waals surface area contributed by atoms with Gasteiger partial charge in [0.15, 0.2) is 0 Å². The first kappa shape index (κ1) is 50.7. The zero-order valence-electron chi connectivity index (χ0n) is 41.2. The zero-order chi connectivity index (χ0) is 52.4. The van der Waals surface area contributed by atoms with Gasteiger partial charge in [0.05, 0.1) is 36.3 Å². The number of fused-ring (bicyclic) bond motifs is 4. The van der Waals surface area contributed by atoms with Crippen LogP contribution < -0.4 is 30.1 Å². The van der Waals surface area contributed by atoms with Gasteiger partial charge in [-0.25, -0.2) is 27.7 Å². The Morgan fingerprint density at radius 3 is 2.14 bits per heavy atom. The molecule has 1 saturated carbocycles. The molecule has 1 unspecified atom stereocenters. The van der Waals surface area contributed by atoms with Gasteiger partial charge in [-0.05, 0) is 73.7 Å². The number of nitrogens with zero attached hydrogens (tertiary/aromatic N) is 2. The van der Waals surface area contributed by atoms with Gasteiger partial charge in [-0.15, -0.1) is 6.58 Å². The van der Waals surface area contributed by atoms with Gasteiger partial charge in [-0.3, -0.25) is 14.4 Å². The van der Waals surface area contributed by atoms with Crippen molar-refractivity contribution in [1.29, 1.82) is 0 Å². The lowest BCUT2D eigenvalue weighted by molar-refractivity contribution is -0.141. The van der Waals surface area contributed by atoms with E-state index in [9.17, 15) is 27.6 Å². The molecule has 3 aliphatic rings. The van der Waals surface area contributed by atoms with Crippen LogP contribution in [0.2, 0.25) is 0 Å². The largest absolute Gasteiger partial charge is 0.497 e. The molecular weight excluding hydrogens is 965 g/mol. The predicted molar refractivity (Wildman–Crippen MR) is 275 cm³/mol. The second kappa shape index (κ2) is 20.7. The maximum absolute atomic E-state index is 15.1. The van der Waals surface area contributed by atoms with Crippen LogP contribution in [0.4, 0.5) is 9.59 Å². The molecule has 0 spiro atoms. The van der Waals surface area contributed by atoms with Gasteiger partial charge in [0, 0.05) is 41.3 Å². The van der Waals surface area contributed by atoms with E-state index in [1.807, 2.05) is 78.9 Å². The summed E-state index contributed by atoms with van der Waals surface area (Å²) in [5, 5.41) is 8.62. The van der Waals surface area contributed by atoms with Crippen LogP contribution in [0.5, 0.6) is 11.5 Å². The molecule has 5 aromatic carbocycles. The van der Waals surface area contributed by atoms with Crippen LogP contribution in [0.15, 0.2) is 151 Å². The van der Waals surface area contributed by atoms with Gasteiger partial charge in [0.25, 0.3) is 15.9 Å². The summed E-state index contributed by atoms with van der Waals surface area (Å²) in [6, 6.07) is 36.6. The molecule has 2 heterocycles. The minimum atomic E-state index is -4.37. The van der Waals surface area contributed by atoms with Crippen LogP contribution in [0, 0.1) is 5.92 Å². The van der Waals surface area contributed by atoms with Gasteiger partial charge in [-0.2, -0.15) is 0 Å². The summed E-state index contributed by atoms with van der Waals surface area (Å²) in [7, 11) is -2.82. The van der Waals surface area contributed by atoms with Gasteiger partial charge in [-0.1, -0.05) is 103 Å². The molecule has 0 bridgehead atoms. The maximum atomic E-state index is 15.1. The van der Waals surface area contributed by atoms with E-state index in [1.165, 1.54) is 35.2 Å². The highest BCUT2D eigenvalue weighted by molar-refractivity contribution is 7.90. The minimum Gasteiger partial charge on any atom is -0.497 e. The zero-order valence-corrected chi connectivity index (χ0v) is 42.0. The lowest BCUT2D eigenvalue weighted by Gasteiger charge is -2.30. The van der Waals surface area contributed by atoms with Crippen LogP contribution in [-0.2, 0) is 33.9 Å². The molecular formula is C56H56N6O11S. The van der Waals surface area contributed by atoms with E-state index >= 15 is 4.79 Å². The molecule has 18 heteroatoms. The summed E-state index contributed by atoms with van der Waals surface area (Å²) < 4.78 is 52.5. The number of ether oxygens (including phenoxy) is 4. The number of rotatable bonds is 16. The third kappa shape index (κ3) is 10.8. The number of alkyl carbamates (subject to hydrolysis) is 2. The number of aromatic nitrogens is 1. The lowest BCUT2D eigenvalue weighted by Crippen LogP contribution is -2.59. The first-order valence-corrected chi connectivity index (χ1v) is 25.6. The number of likely N-dealkylation sites (tertiary alicyclic amines) is 1. The molecule has 74 heavy (non-hydrogen) atoms. The van der Waals surface area contributed by atoms with Crippen molar-refractivity contribution in [3.63, 3.8) is 0 Å². The highest BCUT2D eigenvalue weighted by Gasteiger charge is 2.61. The van der Waals surface area contributed by atoms with Crippen molar-refractivity contribution in [3.05, 3.63) is 157 Å². The number of methoxy groups -OCH3 is 1. The van der Waals surface area contributed by atoms with Crippen molar-refractivity contribution in [2.75, 3.05) is 26.8 Å². The molecule has 382 valence electrons. The van der Waals surface area contributed by atoms with Crippen molar-refractivity contribution < 1.29 is 51.3 Å². The van der Waals surface area contributed by atoms with E-state index in [1.54, 1.807) is 58.2 Å². The molecule has 1 saturated heterocycles. The molecule has 0 radical (unpaired) electrons. The summed E-state index contributed by atoms with van der Waals surface area (Å²) in [5.41, 5.74) is 3.24. The summed E-state index contributed by atoms with van der Waals surface area (Å²) in [6.07, 6.45) is -1.41. The third-order valence-corrected chi connectivity index (χ3v) is 14.7. The quantitative estimate of drug-likeness (QED) is 0.0705. The van der Waals surface area contributed by atoms with Crippen molar-refractivity contribution in [1.82, 2.24) is 30.6 Å². The number of carbonyl (C=O) groups excluding carboxylic acids is 5. The van der Waals surface area contributed by atoms with E-state index in [4.69, 9.17) is 23.9 Å². The fourth-order valence-electron chi connectivity index (χ4n) is 9.61. The number of sulfonamides is 1. The van der Waals surface area contributed by atoms with Gasteiger partial charge in [0.1, 0.15) is 47.4 Å². The summed E-state index contributed by atoms with van der Waals surface area (Å²) in [4.78, 5) is 77.1. The smallest absolute Gasteiger partial charge is 0.408 e. The topological polar surface area (TPSA) is 221 Å². The Hall–Kier alpha value is -8.25. The van der Waals surface area contributed by atoms with E-state index in [2.05, 4.69) is 27.3 Å². The Bertz CT molecular complexity index is 3210. The summed E-state index contributed by atoms with van der Waals surface area (Å²) in [6.45, 7) is 8.02. The lowest BCUT2D eigenvalue weighted by atomic mass is 9.98. The van der Waals surface area contributed by atoms with Gasteiger partial charge < -0.3 is 39.8 Å². The van der Waals surface area contributed by atoms with Crippen LogP contribution in [0.1, 0.15) is 50.7 Å². The van der Waals surface area contributed by atoms with E-state index in [0.29, 0.717) is 28.1 Å². The molecule has 17 nitrogen and oxygen atoms in total. The van der Waals surface area contributed by atoms with E-state index in [-0.39, 0.29) is 36.8 Å². The van der Waals surface area contributed by atoms with E-state index in [0.717, 1.165) is 27.8 Å². The first-order chi connectivity index (χ1) is 35.5. The van der Waals surface area contributed by atoms with Crippen molar-refractivity contribution in [2.45, 2.75) is 73.8 Å². The molecule has 4 N–H and O–H groups in total. The molecule has 5 atom stereocenters. The average molecular weight is 1020 g/mol. The fourth-order valence-corrected chi connectivity index (χ4v) is 10.7. The number of amides is 5. The predicted octanol–water partition coefficient (Wildman–Crippen LogP) is 7.26. The summed E-state index contributed by atoms with van der Waals surface area (Å²) >= 11 is 0. The molecule has 9 rings (SSSR count). The number of pyridine rings is 1. The number of hydrogen-bond donors (Lipinski definition) is 4. The van der Waals surface area contributed by atoms with Crippen molar-refractivity contribution in [3.8, 4) is 33.9 Å². The molecule has 1 aromatic heterocycles. The minimum absolute atomic E-state index is 0.0145. The van der Waals surface area contributed by atoms with Gasteiger partial charge in [0.2, 0.25) is 11.8 Å². The maximum Gasteiger partial charge on any atom is 0.408 e. The standard InChI is InChI=1S/C56H56N6O11S/c1-6-35-30-56(35,52(65)61-74(68,69)38-19-11-8-12-20-38)60-50(63)48-28-37(72-49-29-45(34-17-9-7-10-18-34)58-46-27-36(70-5)25-26-43(46)49)32-62(48)51(64)47(59-54(67)73-55(2,3)4)31-57-53(66)71-33-44-41-23-15-13-21-39(41)40-22-14-16-24-42(40)44/h6-27,29,35,37,44,47-48H,1,28,30-33H2,2-5H3,(H,57,66)(H,59,67)(H,60,63)(H,61,65)/t35-,37-,47?,48+,56-/m1/s1. The van der Waals surface area contributed by atoms with Crippen LogP contribution in [-0.4, -0.2) is 104 Å². The Balaban J connectivity index is 1.01. The molecule has 1 aliphatic heterocycles. The number of benzene rings is 5. The Morgan fingerprint density at radius 2 is 1.50 bits per heavy atom. The number of hydrogen-bond acceptors (Lipinski definition) is 12. The second-order valence-electron chi connectivity index (χ2n) is 19.4. The fraction of sp³-hybridized carbons (Fsp3) is 0.286. The second-order valence-corrected chi connectivity index (χ2v) is 21.1. The number of carbonyl (C=O) groups is 5. The van der Waals surface area contributed by atoms with Gasteiger partial charge >= 0.3 is 12.2 Å². The normalized spacial score (nSPS) is 19.2. The highest BCUT2D eigenvalue weighted by atomic mass is 32.2. The molecule has 2 fully saturated rings. The SMILES string of the molecule is C=C[C@@H]1C[C@]1(NC(=O)[C@@H]1C[C@@H](Oc2cc(-c3ccccc3)nc3cc(OC)ccc23)CN1C(=O)C(CNC(=O)OCC1c2ccccc2-c2ccccc21)NC(=O)OC(C)(C)C)C(=O)NS(=O)(=O)c1ccccc1.